The summed E-state index contributed by atoms with van der Waals surface area (Å²) in [5, 5.41) is 2.69. The van der Waals surface area contributed by atoms with Gasteiger partial charge in [-0.15, -0.1) is 0 Å². The van der Waals surface area contributed by atoms with E-state index in [0.717, 1.165) is 0 Å². The number of halogens is 2. The van der Waals surface area contributed by atoms with Crippen LogP contribution in [0, 0.1) is 0 Å². The molecule has 1 heterocycles. The van der Waals surface area contributed by atoms with Crippen molar-refractivity contribution in [2.45, 2.75) is 0 Å². The van der Waals surface area contributed by atoms with Crippen molar-refractivity contribution in [3.8, 4) is 0 Å². The van der Waals surface area contributed by atoms with Crippen LogP contribution in [0.5, 0.6) is 0 Å². The molecule has 0 unspecified atom stereocenters. The topological polar surface area (TPSA) is 15.8 Å². The summed E-state index contributed by atoms with van der Waals surface area (Å²) in [6.07, 6.45) is 4.18. The molecule has 0 bridgehead atoms. The number of hydrogen-bond donors (Lipinski definition) is 1. The maximum Gasteiger partial charge on any atom is -1.00 e. The van der Waals surface area contributed by atoms with Gasteiger partial charge >= 0.3 is 103 Å². The second-order valence-corrected chi connectivity index (χ2v) is 5.85. The van der Waals surface area contributed by atoms with Gasteiger partial charge in [0.2, 0.25) is 0 Å². The van der Waals surface area contributed by atoms with Crippen LogP contribution < -0.4 is 39.3 Å². The minimum atomic E-state index is -0.284. The molecule has 0 aliphatic heterocycles. The van der Waals surface area contributed by atoms with Crippen LogP contribution >= 0.6 is 0 Å². The normalized spacial score (nSPS) is 11.8. The van der Waals surface area contributed by atoms with Crippen molar-refractivity contribution >= 4 is 14.0 Å². The second-order valence-electron chi connectivity index (χ2n) is 3.84. The SMILES string of the molecule is C=C1C=c2ccccc2=[C]1[Ti+2][c]1ccc[nH]1.[Cl-].[Cl-]. The van der Waals surface area contributed by atoms with E-state index in [4.69, 9.17) is 0 Å². The van der Waals surface area contributed by atoms with Crippen molar-refractivity contribution in [1.29, 1.82) is 0 Å². The number of benzene rings is 1. The molecule has 0 fully saturated rings. The van der Waals surface area contributed by atoms with Gasteiger partial charge in [0.25, 0.3) is 0 Å². The van der Waals surface area contributed by atoms with Crippen LogP contribution in [0.3, 0.4) is 0 Å². The number of hydrogen-bond acceptors (Lipinski definition) is 0. The zero-order valence-electron chi connectivity index (χ0n) is 9.58. The van der Waals surface area contributed by atoms with Crippen LogP contribution in [0.1, 0.15) is 0 Å². The fourth-order valence-corrected chi connectivity index (χ4v) is 3.85. The fraction of sp³-hybridized carbons (Fsp3) is 0. The summed E-state index contributed by atoms with van der Waals surface area (Å²) in [4.78, 5) is 3.30. The largest absolute Gasteiger partial charge is 1.00 e. The Bertz CT molecular complexity index is 659. The number of fused-ring (bicyclic) bond motifs is 1. The van der Waals surface area contributed by atoms with Crippen LogP contribution in [0.25, 0.3) is 9.95 Å². The number of aromatic nitrogens is 1. The fourth-order valence-electron chi connectivity index (χ4n) is 1.97. The third-order valence-corrected chi connectivity index (χ3v) is 4.96. The molecule has 1 N–H and O–H groups in total. The first-order chi connectivity index (χ1) is 7.84. The summed E-state index contributed by atoms with van der Waals surface area (Å²) in [7, 11) is 0. The average Bonchev–Trinajstić information content (AvgIpc) is 2.89. The smallest absolute Gasteiger partial charge is 1.00 e. The Morgan fingerprint density at radius 2 is 1.78 bits per heavy atom. The summed E-state index contributed by atoms with van der Waals surface area (Å²) in [5.74, 6) is 0. The quantitative estimate of drug-likeness (QED) is 0.534. The molecular formula is C14H11Cl2NTi. The van der Waals surface area contributed by atoms with Crippen molar-refractivity contribution in [2.24, 2.45) is 0 Å². The molecule has 0 spiro atoms. The maximum atomic E-state index is 4.16. The predicted octanol–water partition coefficient (Wildman–Crippen LogP) is -5.11. The van der Waals surface area contributed by atoms with Gasteiger partial charge in [-0.05, 0) is 0 Å². The van der Waals surface area contributed by atoms with Crippen LogP contribution in [-0.4, -0.2) is 4.98 Å². The summed E-state index contributed by atoms with van der Waals surface area (Å²) in [5.41, 5.74) is 1.19. The minimum absolute atomic E-state index is 0. The number of allylic oxidation sites excluding steroid dienone is 1. The molecular weight excluding hydrogens is 301 g/mol. The first-order valence-electron chi connectivity index (χ1n) is 5.25. The van der Waals surface area contributed by atoms with Gasteiger partial charge in [0.05, 0.1) is 0 Å². The molecule has 4 heteroatoms. The Kier molecular flexibility index (Phi) is 5.49. The maximum absolute atomic E-state index is 4.16. The van der Waals surface area contributed by atoms with Crippen LogP contribution in [0.4, 0.5) is 0 Å². The van der Waals surface area contributed by atoms with Gasteiger partial charge in [-0.1, -0.05) is 0 Å². The van der Waals surface area contributed by atoms with Crippen molar-refractivity contribution in [2.75, 3.05) is 0 Å². The molecule has 1 nitrogen and oxygen atoms in total. The van der Waals surface area contributed by atoms with Gasteiger partial charge in [0, 0.05) is 0 Å². The third-order valence-electron chi connectivity index (χ3n) is 2.74. The standard InChI is InChI=1S/C10H7.C4H4N.2ClH.Ti/c1-8-6-9-4-2-3-5-10(9)7-8;1-2-4-5-3-1;;;/h2-6H,1H2;1-3,5H;2*1H;/q;;;;+2/p-2. The van der Waals surface area contributed by atoms with E-state index in [1.807, 2.05) is 6.20 Å². The minimum Gasteiger partial charge on any atom is -1.00 e. The van der Waals surface area contributed by atoms with Gasteiger partial charge in [0.15, 0.2) is 0 Å². The molecule has 1 aromatic carbocycles. The summed E-state index contributed by atoms with van der Waals surface area (Å²) >= 11 is -0.284. The molecule has 0 atom stereocenters. The molecule has 90 valence electrons. The van der Waals surface area contributed by atoms with Crippen molar-refractivity contribution in [3.63, 3.8) is 0 Å². The van der Waals surface area contributed by atoms with E-state index in [9.17, 15) is 0 Å². The first-order valence-corrected chi connectivity index (χ1v) is 6.81. The van der Waals surface area contributed by atoms with E-state index in [-0.39, 0.29) is 44.0 Å². The van der Waals surface area contributed by atoms with Gasteiger partial charge in [-0.25, -0.2) is 0 Å². The molecule has 0 radical (unpaired) electrons. The zero-order chi connectivity index (χ0) is 11.0. The Balaban J connectivity index is 0.000000810. The first kappa shape index (κ1) is 15.3. The second kappa shape index (κ2) is 6.44. The van der Waals surface area contributed by atoms with E-state index in [0.29, 0.717) is 0 Å². The summed E-state index contributed by atoms with van der Waals surface area (Å²) < 4.78 is 2.82. The molecule has 3 rings (SSSR count). The predicted molar refractivity (Wildman–Crippen MR) is 63.1 cm³/mol. The Morgan fingerprint density at radius 1 is 1.00 bits per heavy atom. The zero-order valence-corrected chi connectivity index (χ0v) is 12.7. The molecule has 18 heavy (non-hydrogen) atoms. The molecule has 1 aliphatic rings. The number of H-pyrrole nitrogens is 1. The van der Waals surface area contributed by atoms with Gasteiger partial charge in [-0.3, -0.25) is 0 Å². The summed E-state index contributed by atoms with van der Waals surface area (Å²) in [6.45, 7) is 4.16. The molecule has 0 amide bonds. The van der Waals surface area contributed by atoms with E-state index in [1.165, 1.54) is 23.9 Å². The van der Waals surface area contributed by atoms with E-state index >= 15 is 0 Å². The monoisotopic (exact) mass is 311 g/mol. The van der Waals surface area contributed by atoms with Crippen molar-refractivity contribution in [1.82, 2.24) is 4.98 Å². The average molecular weight is 312 g/mol. The molecule has 1 aliphatic carbocycles. The van der Waals surface area contributed by atoms with E-state index in [2.05, 4.69) is 54.0 Å². The van der Waals surface area contributed by atoms with Gasteiger partial charge in [-0.2, -0.15) is 0 Å². The van der Waals surface area contributed by atoms with Gasteiger partial charge < -0.3 is 24.8 Å². The molecule has 1 aromatic heterocycles. The molecule has 2 aromatic rings. The van der Waals surface area contributed by atoms with Crippen molar-refractivity contribution in [3.05, 3.63) is 65.2 Å². The number of aromatic amines is 1. The Morgan fingerprint density at radius 3 is 2.50 bits per heavy atom. The van der Waals surface area contributed by atoms with Crippen LogP contribution in [0.2, 0.25) is 0 Å². The molecule has 0 saturated carbocycles. The molecule has 0 saturated heterocycles. The third kappa shape index (κ3) is 2.81. The number of nitrogens with one attached hydrogen (secondary N) is 1. The Labute approximate surface area is 127 Å². The van der Waals surface area contributed by atoms with Crippen LogP contribution in [-0.2, 0) is 19.2 Å². The number of rotatable bonds is 2. The van der Waals surface area contributed by atoms with Crippen molar-refractivity contribution < 1.29 is 44.0 Å². The van der Waals surface area contributed by atoms with E-state index in [1.54, 1.807) is 0 Å². The van der Waals surface area contributed by atoms with E-state index < -0.39 is 0 Å². The Hall–Kier alpha value is -0.726. The van der Waals surface area contributed by atoms with Crippen LogP contribution in [0.15, 0.2) is 54.7 Å². The van der Waals surface area contributed by atoms with Gasteiger partial charge in [0.1, 0.15) is 0 Å². The summed E-state index contributed by atoms with van der Waals surface area (Å²) in [6, 6.07) is 12.8.